The summed E-state index contributed by atoms with van der Waals surface area (Å²) in [4.78, 5) is 12.4. The van der Waals surface area contributed by atoms with Crippen molar-refractivity contribution in [3.05, 3.63) is 48.6 Å². The van der Waals surface area contributed by atoms with Gasteiger partial charge in [0.05, 0.1) is 19.3 Å². The molecule has 6 N–H and O–H groups in total. The Morgan fingerprint density at radius 2 is 1.18 bits per heavy atom. The van der Waals surface area contributed by atoms with Gasteiger partial charge in [0, 0.05) is 5.92 Å². The quantitative estimate of drug-likeness (QED) is 0.119. The van der Waals surface area contributed by atoms with Crippen LogP contribution >= 0.6 is 0 Å². The van der Waals surface area contributed by atoms with E-state index < -0.39 is 49.3 Å². The molecule has 0 rings (SSSR count). The lowest BCUT2D eigenvalue weighted by atomic mass is 9.85. The third-order valence-electron chi connectivity index (χ3n) is 5.30. The summed E-state index contributed by atoms with van der Waals surface area (Å²) in [7, 11) is 0. The standard InChI is InChI=1S/C26H44O7/c1-2-3-4-5-6-7-8-9-10-11-12-13-14-15-16-17-18-21(24(31)22(29)19-27)25(32)26(33)23(30)20-28/h6-7,9-10,12-13,15-16,21-24,26-31,33H,2-5,8,11,14,17-20H2,1H3/b7-6-,10-9-,13-12-,16-15-. The molecule has 0 bridgehead atoms. The van der Waals surface area contributed by atoms with E-state index in [0.29, 0.717) is 12.8 Å². The van der Waals surface area contributed by atoms with Crippen LogP contribution in [0.25, 0.3) is 0 Å². The zero-order valence-electron chi connectivity index (χ0n) is 19.9. The SMILES string of the molecule is CCCCC/C=C\C/C=C\C/C=C\C/C=C\CCC(C(=O)C(O)C(O)CO)C(O)C(O)CO. The molecule has 7 heteroatoms. The third-order valence-corrected chi connectivity index (χ3v) is 5.30. The van der Waals surface area contributed by atoms with Crippen molar-refractivity contribution >= 4 is 5.78 Å². The third kappa shape index (κ3) is 15.0. The maximum absolute atomic E-state index is 12.4. The minimum Gasteiger partial charge on any atom is -0.394 e. The summed E-state index contributed by atoms with van der Waals surface area (Å²) in [5.41, 5.74) is 0. The number of carbonyl (C=O) groups excluding carboxylic acids is 1. The summed E-state index contributed by atoms with van der Waals surface area (Å²) in [5.74, 6) is -2.07. The van der Waals surface area contributed by atoms with Crippen LogP contribution in [0, 0.1) is 5.92 Å². The summed E-state index contributed by atoms with van der Waals surface area (Å²) in [6.07, 6.45) is 17.8. The summed E-state index contributed by atoms with van der Waals surface area (Å²) in [6, 6.07) is 0. The van der Waals surface area contributed by atoms with Crippen molar-refractivity contribution in [1.29, 1.82) is 0 Å². The minimum atomic E-state index is -1.88. The number of Topliss-reactive ketones (excluding diaryl/α,β-unsaturated/α-hetero) is 1. The lowest BCUT2D eigenvalue weighted by molar-refractivity contribution is -0.146. The average molecular weight is 469 g/mol. The van der Waals surface area contributed by atoms with Gasteiger partial charge in [0.2, 0.25) is 0 Å². The van der Waals surface area contributed by atoms with Crippen LogP contribution in [-0.2, 0) is 4.79 Å². The Bertz CT molecular complexity index is 597. The van der Waals surface area contributed by atoms with Gasteiger partial charge in [0.15, 0.2) is 5.78 Å². The monoisotopic (exact) mass is 468 g/mol. The number of hydrogen-bond donors (Lipinski definition) is 6. The van der Waals surface area contributed by atoms with Gasteiger partial charge in [-0.1, -0.05) is 68.4 Å². The Kier molecular flexibility index (Phi) is 19.9. The van der Waals surface area contributed by atoms with Gasteiger partial charge in [-0.25, -0.2) is 0 Å². The molecule has 33 heavy (non-hydrogen) atoms. The first-order valence-electron chi connectivity index (χ1n) is 12.0. The van der Waals surface area contributed by atoms with E-state index in [1.165, 1.54) is 19.3 Å². The maximum atomic E-state index is 12.4. The predicted octanol–water partition coefficient (Wildman–Crippen LogP) is 2.36. The highest BCUT2D eigenvalue weighted by Crippen LogP contribution is 2.20. The zero-order chi connectivity index (χ0) is 24.9. The molecule has 7 nitrogen and oxygen atoms in total. The van der Waals surface area contributed by atoms with Gasteiger partial charge in [-0.15, -0.1) is 0 Å². The van der Waals surface area contributed by atoms with E-state index in [1.807, 2.05) is 18.2 Å². The Morgan fingerprint density at radius 1 is 0.697 bits per heavy atom. The fourth-order valence-electron chi connectivity index (χ4n) is 3.20. The number of carbonyl (C=O) groups is 1. The Morgan fingerprint density at radius 3 is 1.67 bits per heavy atom. The van der Waals surface area contributed by atoms with Gasteiger partial charge >= 0.3 is 0 Å². The predicted molar refractivity (Wildman–Crippen MR) is 130 cm³/mol. The average Bonchev–Trinajstić information content (AvgIpc) is 2.83. The number of hydrogen-bond acceptors (Lipinski definition) is 7. The fourth-order valence-corrected chi connectivity index (χ4v) is 3.20. The summed E-state index contributed by atoms with van der Waals surface area (Å²) < 4.78 is 0. The molecule has 0 fully saturated rings. The first-order chi connectivity index (χ1) is 15.9. The molecule has 0 aliphatic heterocycles. The van der Waals surface area contributed by atoms with Crippen LogP contribution in [0.5, 0.6) is 0 Å². The maximum Gasteiger partial charge on any atom is 0.169 e. The molecule has 190 valence electrons. The minimum absolute atomic E-state index is 0.112. The number of ketones is 1. The van der Waals surface area contributed by atoms with Gasteiger partial charge in [-0.2, -0.15) is 0 Å². The normalized spacial score (nSPS) is 17.3. The van der Waals surface area contributed by atoms with Gasteiger partial charge < -0.3 is 30.6 Å². The second-order valence-corrected chi connectivity index (χ2v) is 8.11. The fraction of sp³-hybridized carbons (Fsp3) is 0.654. The molecule has 0 radical (unpaired) electrons. The number of aliphatic hydroxyl groups is 6. The topological polar surface area (TPSA) is 138 Å². The van der Waals surface area contributed by atoms with Crippen LogP contribution in [0.1, 0.15) is 64.7 Å². The number of allylic oxidation sites excluding steroid dienone is 8. The molecular formula is C26H44O7. The molecule has 5 unspecified atom stereocenters. The summed E-state index contributed by atoms with van der Waals surface area (Å²) in [5, 5.41) is 57.1. The van der Waals surface area contributed by atoms with Gasteiger partial charge in [-0.05, 0) is 44.9 Å². The second kappa shape index (κ2) is 21.0. The lowest BCUT2D eigenvalue weighted by Crippen LogP contribution is -2.47. The zero-order valence-corrected chi connectivity index (χ0v) is 19.9. The molecule has 0 saturated carbocycles. The van der Waals surface area contributed by atoms with Crippen LogP contribution in [0.3, 0.4) is 0 Å². The van der Waals surface area contributed by atoms with Gasteiger partial charge in [0.25, 0.3) is 0 Å². The molecule has 0 saturated heterocycles. The van der Waals surface area contributed by atoms with E-state index in [9.17, 15) is 25.2 Å². The molecule has 0 aliphatic rings. The largest absolute Gasteiger partial charge is 0.394 e. The van der Waals surface area contributed by atoms with E-state index in [2.05, 4.69) is 37.3 Å². The van der Waals surface area contributed by atoms with Crippen LogP contribution < -0.4 is 0 Å². The molecule has 5 atom stereocenters. The van der Waals surface area contributed by atoms with Crippen LogP contribution in [0.4, 0.5) is 0 Å². The Hall–Kier alpha value is -1.61. The van der Waals surface area contributed by atoms with Crippen molar-refractivity contribution in [3.8, 4) is 0 Å². The highest BCUT2D eigenvalue weighted by molar-refractivity contribution is 5.86. The second-order valence-electron chi connectivity index (χ2n) is 8.11. The van der Waals surface area contributed by atoms with Crippen LogP contribution in [0.15, 0.2) is 48.6 Å². The van der Waals surface area contributed by atoms with E-state index in [-0.39, 0.29) is 6.42 Å². The lowest BCUT2D eigenvalue weighted by Gasteiger charge is -2.27. The molecule has 0 amide bonds. The van der Waals surface area contributed by atoms with Gasteiger partial charge in [-0.3, -0.25) is 4.79 Å². The summed E-state index contributed by atoms with van der Waals surface area (Å²) in [6.45, 7) is 0.649. The van der Waals surface area contributed by atoms with Crippen molar-refractivity contribution in [2.75, 3.05) is 13.2 Å². The van der Waals surface area contributed by atoms with Crippen molar-refractivity contribution < 1.29 is 35.4 Å². The Labute approximate surface area is 198 Å². The van der Waals surface area contributed by atoms with Crippen molar-refractivity contribution in [2.45, 2.75) is 89.1 Å². The Balaban J connectivity index is 4.35. The highest BCUT2D eigenvalue weighted by atomic mass is 16.4. The molecule has 0 aromatic carbocycles. The van der Waals surface area contributed by atoms with Crippen LogP contribution in [0.2, 0.25) is 0 Å². The van der Waals surface area contributed by atoms with E-state index in [0.717, 1.165) is 19.3 Å². The van der Waals surface area contributed by atoms with E-state index in [4.69, 9.17) is 10.2 Å². The van der Waals surface area contributed by atoms with Crippen molar-refractivity contribution in [2.24, 2.45) is 5.92 Å². The van der Waals surface area contributed by atoms with Crippen molar-refractivity contribution in [3.63, 3.8) is 0 Å². The molecule has 0 aromatic heterocycles. The molecule has 0 aromatic rings. The number of rotatable bonds is 20. The highest BCUT2D eigenvalue weighted by Gasteiger charge is 2.36. The molecule has 0 spiro atoms. The molecular weight excluding hydrogens is 424 g/mol. The van der Waals surface area contributed by atoms with Crippen LogP contribution in [-0.4, -0.2) is 74.1 Å². The van der Waals surface area contributed by atoms with Crippen molar-refractivity contribution in [1.82, 2.24) is 0 Å². The first-order valence-corrected chi connectivity index (χ1v) is 12.0. The summed E-state index contributed by atoms with van der Waals surface area (Å²) >= 11 is 0. The smallest absolute Gasteiger partial charge is 0.169 e. The number of unbranched alkanes of at least 4 members (excludes halogenated alkanes) is 3. The van der Waals surface area contributed by atoms with Gasteiger partial charge in [0.1, 0.15) is 18.3 Å². The molecule has 0 heterocycles. The van der Waals surface area contributed by atoms with E-state index in [1.54, 1.807) is 0 Å². The first kappa shape index (κ1) is 31.4. The van der Waals surface area contributed by atoms with E-state index >= 15 is 0 Å². The molecule has 0 aliphatic carbocycles. The number of aliphatic hydroxyl groups excluding tert-OH is 6.